The fourth-order valence-corrected chi connectivity index (χ4v) is 10.4. The minimum absolute atomic E-state index is 0.152. The van der Waals surface area contributed by atoms with Gasteiger partial charge in [-0.1, -0.05) is 246 Å². The number of carbonyl (C=O) groups excluding carboxylic acids is 2. The van der Waals surface area contributed by atoms with E-state index < -0.39 is 0 Å². The number of hydrogen-bond donors (Lipinski definition) is 1. The summed E-state index contributed by atoms with van der Waals surface area (Å²) in [4.78, 5) is 33.9. The Kier molecular flexibility index (Phi) is 46.6. The highest BCUT2D eigenvalue weighted by Gasteiger charge is 2.33. The standard InChI is InChI=1S/C60H119N3O3/c1-5-9-13-17-21-25-33-43-53-62(54-44-34-26-22-18-14-10-6-2)59(65)47-39-31-29-37-41-51-61(57-49-50-58(57)64)52-42-38-30-32-40-48-60(66)63(55-45-35-27-23-19-15-11-7-3)56-46-36-28-24-20-16-12-8-4/h57-58,64H,5-56H2,1-4H3/t57?,58-/m1/s1. The number of amides is 2. The van der Waals surface area contributed by atoms with Crippen molar-refractivity contribution in [1.29, 1.82) is 0 Å². The van der Waals surface area contributed by atoms with Crippen LogP contribution in [0.3, 0.4) is 0 Å². The molecule has 1 rings (SSSR count). The number of aliphatic hydroxyl groups is 1. The smallest absolute Gasteiger partial charge is 0.222 e. The van der Waals surface area contributed by atoms with Gasteiger partial charge in [-0.15, -0.1) is 0 Å². The van der Waals surface area contributed by atoms with Crippen molar-refractivity contribution < 1.29 is 14.7 Å². The lowest BCUT2D eigenvalue weighted by atomic mass is 9.87. The second-order valence-electron chi connectivity index (χ2n) is 21.4. The molecule has 66 heavy (non-hydrogen) atoms. The van der Waals surface area contributed by atoms with Crippen LogP contribution >= 0.6 is 0 Å². The molecule has 6 heteroatoms. The SMILES string of the molecule is CCCCCCCCCCN(CCCCCCCCCC)C(=O)CCCCCCCN(CCCCCCCC(=O)N(CCCCCCCCCC)CCCCCCCCCC)C1CC[C@H]1O. The number of hydrogen-bond acceptors (Lipinski definition) is 4. The highest BCUT2D eigenvalue weighted by molar-refractivity contribution is 5.76. The molecular weight excluding hydrogens is 811 g/mol. The average Bonchev–Trinajstić information content (AvgIpc) is 3.31. The van der Waals surface area contributed by atoms with Crippen LogP contribution in [0.1, 0.15) is 323 Å². The summed E-state index contributed by atoms with van der Waals surface area (Å²) in [6, 6.07) is 0.349. The van der Waals surface area contributed by atoms with Gasteiger partial charge in [0.2, 0.25) is 11.8 Å². The minimum Gasteiger partial charge on any atom is -0.391 e. The average molecular weight is 931 g/mol. The summed E-state index contributed by atoms with van der Waals surface area (Å²) < 4.78 is 0. The predicted octanol–water partition coefficient (Wildman–Crippen LogP) is 17.7. The summed E-state index contributed by atoms with van der Waals surface area (Å²) in [5, 5.41) is 10.6. The first-order valence-corrected chi connectivity index (χ1v) is 30.5. The van der Waals surface area contributed by atoms with Crippen molar-refractivity contribution in [2.45, 2.75) is 335 Å². The monoisotopic (exact) mass is 930 g/mol. The first-order chi connectivity index (χ1) is 32.5. The molecule has 6 nitrogen and oxygen atoms in total. The van der Waals surface area contributed by atoms with Gasteiger partial charge in [0.1, 0.15) is 0 Å². The highest BCUT2D eigenvalue weighted by Crippen LogP contribution is 2.27. The summed E-state index contributed by atoms with van der Waals surface area (Å²) in [5.74, 6) is 0.811. The molecule has 1 fully saturated rings. The van der Waals surface area contributed by atoms with Gasteiger partial charge in [0.25, 0.3) is 0 Å². The van der Waals surface area contributed by atoms with E-state index in [9.17, 15) is 14.7 Å². The Balaban J connectivity index is 2.37. The predicted molar refractivity (Wildman–Crippen MR) is 290 cm³/mol. The Labute approximate surface area is 414 Å². The van der Waals surface area contributed by atoms with Crippen molar-refractivity contribution in [3.8, 4) is 0 Å². The molecule has 1 aliphatic carbocycles. The van der Waals surface area contributed by atoms with Gasteiger partial charge in [-0.25, -0.2) is 0 Å². The first kappa shape index (κ1) is 62.9. The third-order valence-corrected chi connectivity index (χ3v) is 15.2. The van der Waals surface area contributed by atoms with Crippen LogP contribution in [0.15, 0.2) is 0 Å². The Hall–Kier alpha value is -1.14. The van der Waals surface area contributed by atoms with Crippen molar-refractivity contribution in [2.24, 2.45) is 0 Å². The second-order valence-corrected chi connectivity index (χ2v) is 21.4. The van der Waals surface area contributed by atoms with Gasteiger partial charge in [-0.2, -0.15) is 0 Å². The van der Waals surface area contributed by atoms with Crippen LogP contribution in [0.25, 0.3) is 0 Å². The lowest BCUT2D eigenvalue weighted by Crippen LogP contribution is -2.51. The van der Waals surface area contributed by atoms with Crippen molar-refractivity contribution in [3.05, 3.63) is 0 Å². The lowest BCUT2D eigenvalue weighted by Gasteiger charge is -2.42. The van der Waals surface area contributed by atoms with Gasteiger partial charge in [0.05, 0.1) is 6.10 Å². The third kappa shape index (κ3) is 37.7. The van der Waals surface area contributed by atoms with E-state index >= 15 is 0 Å². The van der Waals surface area contributed by atoms with Gasteiger partial charge in [-0.3, -0.25) is 14.5 Å². The first-order valence-electron chi connectivity index (χ1n) is 30.5. The highest BCUT2D eigenvalue weighted by atomic mass is 16.3. The van der Waals surface area contributed by atoms with Crippen LogP contribution in [0.2, 0.25) is 0 Å². The molecule has 1 aliphatic rings. The number of aliphatic hydroxyl groups excluding tert-OH is 1. The van der Waals surface area contributed by atoms with E-state index in [1.165, 1.54) is 244 Å². The molecule has 392 valence electrons. The van der Waals surface area contributed by atoms with Crippen molar-refractivity contribution in [1.82, 2.24) is 14.7 Å². The Morgan fingerprint density at radius 2 is 0.545 bits per heavy atom. The molecule has 0 spiro atoms. The van der Waals surface area contributed by atoms with Crippen LogP contribution in [-0.2, 0) is 9.59 Å². The topological polar surface area (TPSA) is 64.1 Å². The fourth-order valence-electron chi connectivity index (χ4n) is 10.4. The number of nitrogens with zero attached hydrogens (tertiary/aromatic N) is 3. The normalized spacial score (nSPS) is 14.9. The van der Waals surface area contributed by atoms with Gasteiger partial charge < -0.3 is 14.9 Å². The summed E-state index contributed by atoms with van der Waals surface area (Å²) in [6.07, 6.45) is 57.1. The molecule has 1 unspecified atom stereocenters. The largest absolute Gasteiger partial charge is 0.391 e. The molecule has 1 saturated carbocycles. The minimum atomic E-state index is -0.152. The van der Waals surface area contributed by atoms with E-state index in [1.807, 2.05) is 0 Å². The van der Waals surface area contributed by atoms with Gasteiger partial charge in [-0.05, 0) is 77.3 Å². The number of carbonyl (C=O) groups is 2. The van der Waals surface area contributed by atoms with Crippen LogP contribution in [0.5, 0.6) is 0 Å². The molecular formula is C60H119N3O3. The zero-order valence-corrected chi connectivity index (χ0v) is 45.5. The number of unbranched alkanes of at least 4 members (excludes halogenated alkanes) is 36. The third-order valence-electron chi connectivity index (χ3n) is 15.2. The van der Waals surface area contributed by atoms with E-state index in [0.717, 1.165) is 90.6 Å². The van der Waals surface area contributed by atoms with E-state index in [0.29, 0.717) is 17.9 Å². The van der Waals surface area contributed by atoms with Crippen LogP contribution in [0.4, 0.5) is 0 Å². The van der Waals surface area contributed by atoms with Crippen molar-refractivity contribution in [2.75, 3.05) is 39.3 Å². The molecule has 2 atom stereocenters. The number of rotatable bonds is 53. The van der Waals surface area contributed by atoms with Crippen LogP contribution in [0, 0.1) is 0 Å². The van der Waals surface area contributed by atoms with E-state index in [1.54, 1.807) is 0 Å². The molecule has 0 heterocycles. The lowest BCUT2D eigenvalue weighted by molar-refractivity contribution is -0.132. The molecule has 0 aromatic carbocycles. The van der Waals surface area contributed by atoms with Gasteiger partial charge >= 0.3 is 0 Å². The Morgan fingerprint density at radius 3 is 0.773 bits per heavy atom. The van der Waals surface area contributed by atoms with Crippen molar-refractivity contribution >= 4 is 11.8 Å². The molecule has 2 amide bonds. The molecule has 0 aromatic rings. The summed E-state index contributed by atoms with van der Waals surface area (Å²) in [6.45, 7) is 15.2. The molecule has 0 bridgehead atoms. The molecule has 1 N–H and O–H groups in total. The molecule has 0 radical (unpaired) electrons. The zero-order chi connectivity index (χ0) is 47.8. The summed E-state index contributed by atoms with van der Waals surface area (Å²) in [5.41, 5.74) is 0. The zero-order valence-electron chi connectivity index (χ0n) is 45.5. The van der Waals surface area contributed by atoms with E-state index in [4.69, 9.17) is 0 Å². The molecule has 0 aliphatic heterocycles. The Morgan fingerprint density at radius 1 is 0.318 bits per heavy atom. The maximum atomic E-state index is 13.4. The van der Waals surface area contributed by atoms with Gasteiger partial charge in [0.15, 0.2) is 0 Å². The molecule has 0 aromatic heterocycles. The maximum absolute atomic E-state index is 13.4. The molecule has 0 saturated heterocycles. The van der Waals surface area contributed by atoms with E-state index in [2.05, 4.69) is 42.4 Å². The second kappa shape index (κ2) is 48.9. The van der Waals surface area contributed by atoms with Crippen molar-refractivity contribution in [3.63, 3.8) is 0 Å². The summed E-state index contributed by atoms with van der Waals surface area (Å²) >= 11 is 0. The fraction of sp³-hybridized carbons (Fsp3) is 0.967. The van der Waals surface area contributed by atoms with Gasteiger partial charge in [0, 0.05) is 45.1 Å². The maximum Gasteiger partial charge on any atom is 0.222 e. The quantitative estimate of drug-likeness (QED) is 0.0617. The van der Waals surface area contributed by atoms with E-state index in [-0.39, 0.29) is 6.10 Å². The van der Waals surface area contributed by atoms with Crippen LogP contribution < -0.4 is 0 Å². The summed E-state index contributed by atoms with van der Waals surface area (Å²) in [7, 11) is 0. The Bertz CT molecular complexity index is 913. The van der Waals surface area contributed by atoms with Crippen LogP contribution in [-0.4, -0.2) is 83.0 Å².